The second-order valence-corrected chi connectivity index (χ2v) is 5.53. The number of urea groups is 1. The third-order valence-electron chi connectivity index (χ3n) is 4.11. The predicted octanol–water partition coefficient (Wildman–Crippen LogP) is 1.43. The van der Waals surface area contributed by atoms with Crippen LogP contribution in [-0.2, 0) is 4.79 Å². The van der Waals surface area contributed by atoms with Crippen molar-refractivity contribution in [2.45, 2.75) is 58.0 Å². The molecule has 0 bridgehead atoms. The Morgan fingerprint density at radius 1 is 1.35 bits per heavy atom. The van der Waals surface area contributed by atoms with Crippen molar-refractivity contribution < 1.29 is 19.8 Å². The topological polar surface area (TPSA) is 89.9 Å². The molecule has 6 heteroatoms. The van der Waals surface area contributed by atoms with E-state index in [0.29, 0.717) is 13.0 Å². The van der Waals surface area contributed by atoms with Crippen molar-refractivity contribution in [1.82, 2.24) is 10.2 Å². The molecule has 1 aliphatic heterocycles. The number of aliphatic carboxylic acids is 1. The highest BCUT2D eigenvalue weighted by molar-refractivity contribution is 5.83. The number of carbonyl (C=O) groups is 2. The minimum Gasteiger partial charge on any atom is -0.480 e. The van der Waals surface area contributed by atoms with Crippen LogP contribution in [0.2, 0.25) is 0 Å². The Bertz CT molecular complexity index is 335. The van der Waals surface area contributed by atoms with E-state index in [4.69, 9.17) is 0 Å². The standard InChI is InChI=1S/C14H26N2O4/c1-3-10(2)12(13(18)19)15-14(20)16-8-6-4-5-7-11(16)9-17/h10-12,17H,3-9H2,1-2H3,(H,15,20)(H,18,19)/t10-,11?,12-/m0/s1. The van der Waals surface area contributed by atoms with Crippen LogP contribution in [0.15, 0.2) is 0 Å². The van der Waals surface area contributed by atoms with Gasteiger partial charge in [-0.1, -0.05) is 33.1 Å². The fourth-order valence-electron chi connectivity index (χ4n) is 2.53. The molecular weight excluding hydrogens is 260 g/mol. The van der Waals surface area contributed by atoms with Crippen LogP contribution in [0.25, 0.3) is 0 Å². The Balaban J connectivity index is 2.72. The van der Waals surface area contributed by atoms with Gasteiger partial charge in [0.05, 0.1) is 12.6 Å². The Morgan fingerprint density at radius 2 is 2.05 bits per heavy atom. The van der Waals surface area contributed by atoms with Gasteiger partial charge in [0.25, 0.3) is 0 Å². The van der Waals surface area contributed by atoms with Gasteiger partial charge in [-0.25, -0.2) is 9.59 Å². The van der Waals surface area contributed by atoms with Crippen LogP contribution in [0.4, 0.5) is 4.79 Å². The van der Waals surface area contributed by atoms with Gasteiger partial charge in [0.1, 0.15) is 6.04 Å². The normalized spacial score (nSPS) is 22.8. The number of aliphatic hydroxyl groups is 1. The van der Waals surface area contributed by atoms with Gasteiger partial charge in [-0.3, -0.25) is 0 Å². The highest BCUT2D eigenvalue weighted by Crippen LogP contribution is 2.17. The van der Waals surface area contributed by atoms with Gasteiger partial charge in [-0.15, -0.1) is 0 Å². The molecule has 0 saturated carbocycles. The third kappa shape index (κ3) is 4.37. The van der Waals surface area contributed by atoms with E-state index in [-0.39, 0.29) is 24.6 Å². The molecule has 0 radical (unpaired) electrons. The summed E-state index contributed by atoms with van der Waals surface area (Å²) in [6.07, 6.45) is 4.37. The summed E-state index contributed by atoms with van der Waals surface area (Å²) in [4.78, 5) is 25.1. The van der Waals surface area contributed by atoms with Gasteiger partial charge in [0.2, 0.25) is 0 Å². The van der Waals surface area contributed by atoms with Crippen LogP contribution >= 0.6 is 0 Å². The summed E-state index contributed by atoms with van der Waals surface area (Å²) in [6, 6.07) is -1.46. The molecule has 0 aromatic heterocycles. The number of carboxylic acid groups (broad SMARTS) is 1. The molecule has 3 N–H and O–H groups in total. The molecule has 116 valence electrons. The molecule has 20 heavy (non-hydrogen) atoms. The van der Waals surface area contributed by atoms with E-state index in [1.807, 2.05) is 13.8 Å². The van der Waals surface area contributed by atoms with E-state index in [0.717, 1.165) is 25.7 Å². The molecule has 0 aromatic carbocycles. The molecule has 6 nitrogen and oxygen atoms in total. The van der Waals surface area contributed by atoms with E-state index in [1.165, 1.54) is 0 Å². The number of likely N-dealkylation sites (tertiary alicyclic amines) is 1. The minimum atomic E-state index is -1.01. The molecule has 1 heterocycles. The fourth-order valence-corrected chi connectivity index (χ4v) is 2.53. The largest absolute Gasteiger partial charge is 0.480 e. The van der Waals surface area contributed by atoms with Crippen molar-refractivity contribution in [3.05, 3.63) is 0 Å². The van der Waals surface area contributed by atoms with Crippen molar-refractivity contribution in [3.63, 3.8) is 0 Å². The summed E-state index contributed by atoms with van der Waals surface area (Å²) >= 11 is 0. The van der Waals surface area contributed by atoms with Gasteiger partial charge in [-0.2, -0.15) is 0 Å². The third-order valence-corrected chi connectivity index (χ3v) is 4.11. The molecule has 1 rings (SSSR count). The first-order valence-electron chi connectivity index (χ1n) is 7.42. The summed E-state index contributed by atoms with van der Waals surface area (Å²) in [5.74, 6) is -1.14. The highest BCUT2D eigenvalue weighted by Gasteiger charge is 2.30. The minimum absolute atomic E-state index is 0.0749. The molecule has 3 atom stereocenters. The highest BCUT2D eigenvalue weighted by atomic mass is 16.4. The molecule has 1 saturated heterocycles. The second kappa shape index (κ2) is 8.09. The number of rotatable bonds is 5. The van der Waals surface area contributed by atoms with Crippen molar-refractivity contribution >= 4 is 12.0 Å². The van der Waals surface area contributed by atoms with Gasteiger partial charge in [0, 0.05) is 6.54 Å². The smallest absolute Gasteiger partial charge is 0.326 e. The molecule has 0 aliphatic carbocycles. The first-order chi connectivity index (χ1) is 9.51. The molecule has 0 spiro atoms. The van der Waals surface area contributed by atoms with Crippen molar-refractivity contribution in [1.29, 1.82) is 0 Å². The predicted molar refractivity (Wildman–Crippen MR) is 75.5 cm³/mol. The monoisotopic (exact) mass is 286 g/mol. The van der Waals surface area contributed by atoms with Gasteiger partial charge in [0.15, 0.2) is 0 Å². The molecule has 1 aliphatic rings. The number of aliphatic hydroxyl groups excluding tert-OH is 1. The summed E-state index contributed by atoms with van der Waals surface area (Å²) < 4.78 is 0. The van der Waals surface area contributed by atoms with Crippen molar-refractivity contribution in [2.75, 3.05) is 13.2 Å². The number of nitrogens with zero attached hydrogens (tertiary/aromatic N) is 1. The zero-order valence-corrected chi connectivity index (χ0v) is 12.3. The lowest BCUT2D eigenvalue weighted by Crippen LogP contribution is -2.53. The number of hydrogen-bond donors (Lipinski definition) is 3. The van der Waals surface area contributed by atoms with E-state index < -0.39 is 12.0 Å². The van der Waals surface area contributed by atoms with Crippen LogP contribution in [0, 0.1) is 5.92 Å². The quantitative estimate of drug-likeness (QED) is 0.713. The van der Waals surface area contributed by atoms with Crippen LogP contribution in [-0.4, -0.2) is 52.3 Å². The summed E-state index contributed by atoms with van der Waals surface area (Å²) in [6.45, 7) is 4.21. The van der Waals surface area contributed by atoms with Gasteiger partial charge < -0.3 is 20.4 Å². The zero-order valence-electron chi connectivity index (χ0n) is 12.3. The Kier molecular flexibility index (Phi) is 6.78. The molecular formula is C14H26N2O4. The van der Waals surface area contributed by atoms with Gasteiger partial charge >= 0.3 is 12.0 Å². The van der Waals surface area contributed by atoms with Gasteiger partial charge in [-0.05, 0) is 18.8 Å². The maximum atomic E-state index is 12.3. The maximum absolute atomic E-state index is 12.3. The van der Waals surface area contributed by atoms with Crippen LogP contribution in [0.3, 0.4) is 0 Å². The van der Waals surface area contributed by atoms with E-state index in [9.17, 15) is 19.8 Å². The summed E-state index contributed by atoms with van der Waals surface area (Å²) in [7, 11) is 0. The lowest BCUT2D eigenvalue weighted by atomic mass is 9.99. The number of carboxylic acids is 1. The van der Waals surface area contributed by atoms with E-state index in [1.54, 1.807) is 4.90 Å². The maximum Gasteiger partial charge on any atom is 0.326 e. The second-order valence-electron chi connectivity index (χ2n) is 5.53. The lowest BCUT2D eigenvalue weighted by molar-refractivity contribution is -0.140. The Labute approximate surface area is 120 Å². The zero-order chi connectivity index (χ0) is 15.1. The number of hydrogen-bond acceptors (Lipinski definition) is 3. The SMILES string of the molecule is CC[C@H](C)[C@H](NC(=O)N1CCCCCC1CO)C(=O)O. The van der Waals surface area contributed by atoms with E-state index >= 15 is 0 Å². The average Bonchev–Trinajstić information content (AvgIpc) is 2.68. The molecule has 0 aromatic rings. The van der Waals surface area contributed by atoms with Crippen LogP contribution in [0.1, 0.15) is 46.0 Å². The summed E-state index contributed by atoms with van der Waals surface area (Å²) in [5.41, 5.74) is 0. The summed E-state index contributed by atoms with van der Waals surface area (Å²) in [5, 5.41) is 21.2. The van der Waals surface area contributed by atoms with Crippen LogP contribution in [0.5, 0.6) is 0 Å². The Hall–Kier alpha value is -1.30. The van der Waals surface area contributed by atoms with Crippen molar-refractivity contribution in [3.8, 4) is 0 Å². The number of amides is 2. The Morgan fingerprint density at radius 3 is 2.60 bits per heavy atom. The molecule has 2 amide bonds. The van der Waals surface area contributed by atoms with Crippen molar-refractivity contribution in [2.24, 2.45) is 5.92 Å². The molecule has 1 unspecified atom stereocenters. The average molecular weight is 286 g/mol. The fraction of sp³-hybridized carbons (Fsp3) is 0.857. The first kappa shape index (κ1) is 16.8. The number of carbonyl (C=O) groups excluding carboxylic acids is 1. The van der Waals surface area contributed by atoms with Crippen LogP contribution < -0.4 is 5.32 Å². The first-order valence-corrected chi connectivity index (χ1v) is 7.42. The van der Waals surface area contributed by atoms with E-state index in [2.05, 4.69) is 5.32 Å². The lowest BCUT2D eigenvalue weighted by Gasteiger charge is -2.31. The number of nitrogens with one attached hydrogen (secondary N) is 1. The molecule has 1 fully saturated rings.